The molecule has 1 aromatic rings. The van der Waals surface area contributed by atoms with Gasteiger partial charge in [-0.3, -0.25) is 14.4 Å². The number of carbonyl (C=O) groups excluding carboxylic acids is 3. The van der Waals surface area contributed by atoms with Crippen LogP contribution in [0.5, 0.6) is 0 Å². The van der Waals surface area contributed by atoms with E-state index in [2.05, 4.69) is 27.0 Å². The van der Waals surface area contributed by atoms with Gasteiger partial charge in [-0.15, -0.1) is 24.9 Å². The summed E-state index contributed by atoms with van der Waals surface area (Å²) in [6, 6.07) is 8.92. The average Bonchev–Trinajstić information content (AvgIpc) is 3.55. The van der Waals surface area contributed by atoms with Crippen molar-refractivity contribution < 1.29 is 19.5 Å². The lowest BCUT2D eigenvalue weighted by Crippen LogP contribution is -2.57. The Morgan fingerprint density at radius 1 is 1.10 bits per heavy atom. The van der Waals surface area contributed by atoms with Crippen LogP contribution in [0.1, 0.15) is 52.4 Å². The van der Waals surface area contributed by atoms with E-state index in [1.807, 2.05) is 35.2 Å². The van der Waals surface area contributed by atoms with Crippen LogP contribution in [0.15, 0.2) is 55.6 Å². The fourth-order valence-electron chi connectivity index (χ4n) is 7.13. The highest BCUT2D eigenvalue weighted by molar-refractivity contribution is 8.02. The fraction of sp³-hybridized carbons (Fsp3) is 0.594. The number of unbranched alkanes of at least 4 members (excludes halogenated alkanes) is 3. The van der Waals surface area contributed by atoms with E-state index in [1.165, 1.54) is 0 Å². The molecule has 0 aliphatic carbocycles. The first-order chi connectivity index (χ1) is 19.4. The second-order valence-corrected chi connectivity index (χ2v) is 12.9. The number of benzene rings is 1. The molecule has 3 amide bonds. The molecule has 7 nitrogen and oxygen atoms in total. The molecule has 8 heteroatoms. The highest BCUT2D eigenvalue weighted by Crippen LogP contribution is 2.69. The lowest BCUT2D eigenvalue weighted by Gasteiger charge is -2.41. The zero-order valence-corrected chi connectivity index (χ0v) is 24.9. The van der Waals surface area contributed by atoms with Crippen molar-refractivity contribution in [3.8, 4) is 0 Å². The predicted octanol–water partition coefficient (Wildman–Crippen LogP) is 4.52. The Kier molecular flexibility index (Phi) is 10.2. The molecular formula is C32H45N3O4S. The monoisotopic (exact) mass is 567 g/mol. The van der Waals surface area contributed by atoms with Crippen LogP contribution >= 0.6 is 11.8 Å². The number of para-hydroxylation sites is 1. The summed E-state index contributed by atoms with van der Waals surface area (Å²) in [5.41, 5.74) is 0.785. The molecule has 3 aliphatic rings. The van der Waals surface area contributed by atoms with Crippen LogP contribution in [0.2, 0.25) is 0 Å². The molecule has 3 saturated heterocycles. The van der Waals surface area contributed by atoms with Crippen molar-refractivity contribution in [3.05, 3.63) is 55.6 Å². The summed E-state index contributed by atoms with van der Waals surface area (Å²) in [7, 11) is 0. The van der Waals surface area contributed by atoms with E-state index in [0.29, 0.717) is 39.0 Å². The van der Waals surface area contributed by atoms with Crippen molar-refractivity contribution >= 4 is 35.2 Å². The Hall–Kier alpha value is -2.58. The third kappa shape index (κ3) is 5.37. The maximum Gasteiger partial charge on any atom is 0.247 e. The van der Waals surface area contributed by atoms with Gasteiger partial charge in [0.1, 0.15) is 6.04 Å². The number of hydrogen-bond acceptors (Lipinski definition) is 5. The number of carbonyl (C=O) groups is 3. The second-order valence-electron chi connectivity index (χ2n) is 11.4. The Labute approximate surface area is 243 Å². The summed E-state index contributed by atoms with van der Waals surface area (Å²) in [6.07, 6.45) is 8.43. The molecule has 0 radical (unpaired) electrons. The largest absolute Gasteiger partial charge is 0.396 e. The molecule has 218 valence electrons. The van der Waals surface area contributed by atoms with Crippen LogP contribution in [0, 0.1) is 17.8 Å². The Balaban J connectivity index is 1.74. The van der Waals surface area contributed by atoms with Crippen LogP contribution in [-0.2, 0) is 14.4 Å². The number of amides is 3. The van der Waals surface area contributed by atoms with Gasteiger partial charge in [-0.05, 0) is 43.7 Å². The predicted molar refractivity (Wildman–Crippen MR) is 162 cm³/mol. The molecule has 40 heavy (non-hydrogen) atoms. The summed E-state index contributed by atoms with van der Waals surface area (Å²) in [4.78, 5) is 48.5. The number of anilines is 1. The number of fused-ring (bicyclic) bond motifs is 1. The lowest BCUT2D eigenvalue weighted by atomic mass is 9.65. The van der Waals surface area contributed by atoms with Gasteiger partial charge in [-0.2, -0.15) is 0 Å². The average molecular weight is 568 g/mol. The topological polar surface area (TPSA) is 81.2 Å². The summed E-state index contributed by atoms with van der Waals surface area (Å²) < 4.78 is -0.654. The smallest absolute Gasteiger partial charge is 0.247 e. The molecule has 0 aromatic heterocycles. The van der Waals surface area contributed by atoms with Gasteiger partial charge in [0.2, 0.25) is 17.7 Å². The fourth-order valence-corrected chi connectivity index (χ4v) is 9.54. The molecule has 6 atom stereocenters. The molecule has 1 spiro atoms. The van der Waals surface area contributed by atoms with Crippen LogP contribution in [-0.4, -0.2) is 81.5 Å². The van der Waals surface area contributed by atoms with Crippen LogP contribution in [0.4, 0.5) is 5.69 Å². The maximum absolute atomic E-state index is 14.4. The first-order valence-corrected chi connectivity index (χ1v) is 15.7. The number of nitrogens with zero attached hydrogens (tertiary/aromatic N) is 3. The van der Waals surface area contributed by atoms with Crippen LogP contribution < -0.4 is 4.90 Å². The second kappa shape index (κ2) is 13.4. The van der Waals surface area contributed by atoms with Gasteiger partial charge in [0.05, 0.1) is 16.6 Å². The van der Waals surface area contributed by atoms with Crippen molar-refractivity contribution in [1.82, 2.24) is 9.80 Å². The Bertz CT molecular complexity index is 1080. The normalized spacial score (nSPS) is 28.4. The van der Waals surface area contributed by atoms with E-state index in [4.69, 9.17) is 0 Å². The van der Waals surface area contributed by atoms with Crippen LogP contribution in [0.25, 0.3) is 0 Å². The van der Waals surface area contributed by atoms with Crippen molar-refractivity contribution in [2.24, 2.45) is 17.8 Å². The molecule has 1 aromatic carbocycles. The molecule has 1 N–H and O–H groups in total. The molecule has 4 rings (SSSR count). The number of likely N-dealkylation sites (tertiary alicyclic amines) is 1. The van der Waals surface area contributed by atoms with Gasteiger partial charge >= 0.3 is 0 Å². The van der Waals surface area contributed by atoms with E-state index in [9.17, 15) is 19.5 Å². The van der Waals surface area contributed by atoms with Gasteiger partial charge in [0.25, 0.3) is 0 Å². The van der Waals surface area contributed by atoms with Gasteiger partial charge in [-0.25, -0.2) is 0 Å². The van der Waals surface area contributed by atoms with Gasteiger partial charge in [-0.1, -0.05) is 57.0 Å². The number of thioether (sulfide) groups is 1. The molecule has 3 fully saturated rings. The standard InChI is InChI=1S/C32H45N3O4S/c1-5-8-12-19-33(17-6-2)31(39)28-32-23(4)22-25(40-32)26(27(32)30(38)35(28)20-13-14-21-36)29(37)34(18-7-3)24-15-10-9-11-16-24/h6-7,9-11,15-16,23,25-28,36H,2-3,5,8,12-14,17-22H2,1,4H3/t23?,25-,26+,27-,28?,32?/m0/s1. The summed E-state index contributed by atoms with van der Waals surface area (Å²) in [6.45, 7) is 13.9. The third-order valence-electron chi connectivity index (χ3n) is 8.91. The number of hydrogen-bond donors (Lipinski definition) is 1. The maximum atomic E-state index is 14.4. The van der Waals surface area contributed by atoms with E-state index in [0.717, 1.165) is 31.4 Å². The molecule has 2 bridgehead atoms. The third-order valence-corrected chi connectivity index (χ3v) is 11.0. The first-order valence-electron chi connectivity index (χ1n) is 14.8. The van der Waals surface area contributed by atoms with Crippen LogP contribution in [0.3, 0.4) is 0 Å². The highest BCUT2D eigenvalue weighted by Gasteiger charge is 2.76. The van der Waals surface area contributed by atoms with E-state index < -0.39 is 22.6 Å². The molecular weight excluding hydrogens is 522 g/mol. The minimum Gasteiger partial charge on any atom is -0.396 e. The van der Waals surface area contributed by atoms with Crippen molar-refractivity contribution in [1.29, 1.82) is 0 Å². The Morgan fingerprint density at radius 3 is 2.48 bits per heavy atom. The summed E-state index contributed by atoms with van der Waals surface area (Å²) in [5, 5.41) is 9.43. The van der Waals surface area contributed by atoms with E-state index >= 15 is 0 Å². The zero-order chi connectivity index (χ0) is 28.9. The van der Waals surface area contributed by atoms with Gasteiger partial charge in [0, 0.05) is 43.7 Å². The SMILES string of the molecule is C=CCN(CCCCC)C(=O)C1N(CCCCO)C(=O)[C@@H]2[C@H](C(=O)N(CC=C)c3ccccc3)[C@@H]3CC(C)C12S3. The highest BCUT2D eigenvalue weighted by atomic mass is 32.2. The minimum atomic E-state index is -0.654. The molecule has 3 heterocycles. The quantitative estimate of drug-likeness (QED) is 0.249. The van der Waals surface area contributed by atoms with Crippen molar-refractivity contribution in [2.45, 2.75) is 68.4 Å². The van der Waals surface area contributed by atoms with Gasteiger partial charge in [0.15, 0.2) is 0 Å². The number of aliphatic hydroxyl groups excluding tert-OH is 1. The number of aliphatic hydroxyl groups is 1. The van der Waals surface area contributed by atoms with E-state index in [-0.39, 0.29) is 35.5 Å². The first kappa shape index (κ1) is 30.4. The van der Waals surface area contributed by atoms with Crippen molar-refractivity contribution in [2.75, 3.05) is 37.7 Å². The van der Waals surface area contributed by atoms with Gasteiger partial charge < -0.3 is 19.8 Å². The van der Waals surface area contributed by atoms with E-state index in [1.54, 1.807) is 33.7 Å². The molecule has 3 unspecified atom stereocenters. The Morgan fingerprint density at radius 2 is 1.82 bits per heavy atom. The lowest BCUT2D eigenvalue weighted by molar-refractivity contribution is -0.142. The summed E-state index contributed by atoms with van der Waals surface area (Å²) >= 11 is 1.71. The molecule has 0 saturated carbocycles. The summed E-state index contributed by atoms with van der Waals surface area (Å²) in [5.74, 6) is -1.13. The molecule has 3 aliphatic heterocycles. The zero-order valence-electron chi connectivity index (χ0n) is 24.0. The van der Waals surface area contributed by atoms with Crippen molar-refractivity contribution in [3.63, 3.8) is 0 Å². The number of rotatable bonds is 15. The minimum absolute atomic E-state index is 0.0182.